The number of nitrogens with one attached hydrogen (secondary N) is 2. The first-order chi connectivity index (χ1) is 10.6. The van der Waals surface area contributed by atoms with Crippen LogP contribution in [0.15, 0.2) is 30.3 Å². The van der Waals surface area contributed by atoms with E-state index < -0.39 is 0 Å². The molecule has 1 amide bonds. The number of hydrogen-bond acceptors (Lipinski definition) is 6. The first-order valence-electron chi connectivity index (χ1n) is 6.68. The zero-order valence-corrected chi connectivity index (χ0v) is 12.7. The van der Waals surface area contributed by atoms with Crippen LogP contribution in [0.1, 0.15) is 12.5 Å². The van der Waals surface area contributed by atoms with E-state index in [9.17, 15) is 4.79 Å². The molecule has 0 unspecified atom stereocenters. The lowest BCUT2D eigenvalue weighted by Gasteiger charge is -2.10. The zero-order chi connectivity index (χ0) is 15.9. The maximum Gasteiger partial charge on any atom is 0.222 e. The molecule has 0 saturated heterocycles. The Bertz CT molecular complexity index is 644. The summed E-state index contributed by atoms with van der Waals surface area (Å²) in [4.78, 5) is 10.9. The Labute approximate surface area is 128 Å². The van der Waals surface area contributed by atoms with Crippen molar-refractivity contribution in [3.05, 3.63) is 35.9 Å². The highest BCUT2D eigenvalue weighted by molar-refractivity contribution is 5.87. The Morgan fingerprint density at radius 3 is 2.32 bits per heavy atom. The molecule has 0 fully saturated rings. The summed E-state index contributed by atoms with van der Waals surface area (Å²) in [5.74, 6) is 2.22. The number of amides is 1. The quantitative estimate of drug-likeness (QED) is 0.849. The lowest BCUT2D eigenvalue weighted by Crippen LogP contribution is -2.09. The molecule has 7 nitrogen and oxygen atoms in total. The first kappa shape index (κ1) is 15.6. The van der Waals surface area contributed by atoms with E-state index >= 15 is 0 Å². The van der Waals surface area contributed by atoms with Gasteiger partial charge in [-0.1, -0.05) is 6.07 Å². The molecule has 0 aliphatic carbocycles. The SMILES string of the molecule is COc1ccc(CNc2ccc(NC(C)=O)nn2)cc1OC. The van der Waals surface area contributed by atoms with Crippen LogP contribution >= 0.6 is 0 Å². The van der Waals surface area contributed by atoms with Crippen LogP contribution in [0.5, 0.6) is 11.5 Å². The second-order valence-corrected chi connectivity index (χ2v) is 4.53. The van der Waals surface area contributed by atoms with Crippen LogP contribution in [0.4, 0.5) is 11.6 Å². The zero-order valence-electron chi connectivity index (χ0n) is 12.7. The van der Waals surface area contributed by atoms with E-state index in [0.29, 0.717) is 29.7 Å². The monoisotopic (exact) mass is 302 g/mol. The van der Waals surface area contributed by atoms with Gasteiger partial charge in [-0.15, -0.1) is 10.2 Å². The first-order valence-corrected chi connectivity index (χ1v) is 6.68. The van der Waals surface area contributed by atoms with Gasteiger partial charge in [0.25, 0.3) is 0 Å². The van der Waals surface area contributed by atoms with Crippen molar-refractivity contribution in [3.8, 4) is 11.5 Å². The topological polar surface area (TPSA) is 85.4 Å². The number of carbonyl (C=O) groups excluding carboxylic acids is 1. The number of benzene rings is 1. The second-order valence-electron chi connectivity index (χ2n) is 4.53. The molecular formula is C15H18N4O3. The van der Waals surface area contributed by atoms with E-state index in [1.807, 2.05) is 18.2 Å². The molecule has 0 spiro atoms. The van der Waals surface area contributed by atoms with Crippen molar-refractivity contribution in [3.63, 3.8) is 0 Å². The molecule has 2 rings (SSSR count). The van der Waals surface area contributed by atoms with Crippen molar-refractivity contribution >= 4 is 17.5 Å². The third-order valence-electron chi connectivity index (χ3n) is 2.89. The summed E-state index contributed by atoms with van der Waals surface area (Å²) in [6.07, 6.45) is 0. The normalized spacial score (nSPS) is 9.95. The molecule has 0 radical (unpaired) electrons. The maximum atomic E-state index is 10.9. The Morgan fingerprint density at radius 1 is 1.05 bits per heavy atom. The summed E-state index contributed by atoms with van der Waals surface area (Å²) in [5, 5.41) is 13.6. The fourth-order valence-electron chi connectivity index (χ4n) is 1.86. The highest BCUT2D eigenvalue weighted by atomic mass is 16.5. The second kappa shape index (κ2) is 7.26. The summed E-state index contributed by atoms with van der Waals surface area (Å²) in [5.41, 5.74) is 1.02. The third-order valence-corrected chi connectivity index (χ3v) is 2.89. The summed E-state index contributed by atoms with van der Waals surface area (Å²) >= 11 is 0. The van der Waals surface area contributed by atoms with Crippen molar-refractivity contribution < 1.29 is 14.3 Å². The van der Waals surface area contributed by atoms with Crippen molar-refractivity contribution in [2.45, 2.75) is 13.5 Å². The van der Waals surface area contributed by atoms with Gasteiger partial charge in [-0.25, -0.2) is 0 Å². The molecule has 22 heavy (non-hydrogen) atoms. The Morgan fingerprint density at radius 2 is 1.73 bits per heavy atom. The van der Waals surface area contributed by atoms with Crippen molar-refractivity contribution in [2.24, 2.45) is 0 Å². The number of ether oxygens (including phenoxy) is 2. The standard InChI is InChI=1S/C15H18N4O3/c1-10(20)17-15-7-6-14(18-19-15)16-9-11-4-5-12(21-2)13(8-11)22-3/h4-8H,9H2,1-3H3,(H,16,18)(H,17,19,20). The van der Waals surface area contributed by atoms with Crippen LogP contribution in [0.3, 0.4) is 0 Å². The third kappa shape index (κ3) is 4.08. The molecule has 0 bridgehead atoms. The molecule has 0 aliphatic heterocycles. The van der Waals surface area contributed by atoms with E-state index in [0.717, 1.165) is 5.56 Å². The van der Waals surface area contributed by atoms with Crippen LogP contribution in [-0.4, -0.2) is 30.3 Å². The van der Waals surface area contributed by atoms with Crippen LogP contribution in [0.2, 0.25) is 0 Å². The van der Waals surface area contributed by atoms with Crippen LogP contribution < -0.4 is 20.1 Å². The molecule has 116 valence electrons. The fourth-order valence-corrected chi connectivity index (χ4v) is 1.86. The van der Waals surface area contributed by atoms with Crippen molar-refractivity contribution in [1.29, 1.82) is 0 Å². The fraction of sp³-hybridized carbons (Fsp3) is 0.267. The molecule has 0 saturated carbocycles. The summed E-state index contributed by atoms with van der Waals surface area (Å²) < 4.78 is 10.5. The average molecular weight is 302 g/mol. The number of carbonyl (C=O) groups is 1. The molecule has 1 heterocycles. The van der Waals surface area contributed by atoms with Gasteiger partial charge >= 0.3 is 0 Å². The highest BCUT2D eigenvalue weighted by Gasteiger charge is 2.05. The van der Waals surface area contributed by atoms with Gasteiger partial charge in [0.15, 0.2) is 17.3 Å². The van der Waals surface area contributed by atoms with E-state index in [-0.39, 0.29) is 5.91 Å². The minimum Gasteiger partial charge on any atom is -0.493 e. The predicted molar refractivity (Wildman–Crippen MR) is 83.2 cm³/mol. The summed E-state index contributed by atoms with van der Waals surface area (Å²) in [7, 11) is 3.20. The van der Waals surface area contributed by atoms with Gasteiger partial charge in [0.2, 0.25) is 5.91 Å². The summed E-state index contributed by atoms with van der Waals surface area (Å²) in [6.45, 7) is 1.99. The van der Waals surface area contributed by atoms with E-state index in [1.54, 1.807) is 26.4 Å². The molecule has 0 atom stereocenters. The predicted octanol–water partition coefficient (Wildman–Crippen LogP) is 2.06. The van der Waals surface area contributed by atoms with Gasteiger partial charge in [-0.3, -0.25) is 4.79 Å². The number of anilines is 2. The summed E-state index contributed by atoms with van der Waals surface area (Å²) in [6, 6.07) is 9.12. The molecular weight excluding hydrogens is 284 g/mol. The van der Waals surface area contributed by atoms with Gasteiger partial charge in [0.1, 0.15) is 5.82 Å². The van der Waals surface area contributed by atoms with Crippen molar-refractivity contribution in [2.75, 3.05) is 24.9 Å². The van der Waals surface area contributed by atoms with Gasteiger partial charge in [-0.05, 0) is 29.8 Å². The van der Waals surface area contributed by atoms with Gasteiger partial charge in [0.05, 0.1) is 14.2 Å². The van der Waals surface area contributed by atoms with Crippen LogP contribution in [0.25, 0.3) is 0 Å². The number of hydrogen-bond donors (Lipinski definition) is 2. The molecule has 1 aromatic heterocycles. The van der Waals surface area contributed by atoms with Gasteiger partial charge in [-0.2, -0.15) is 0 Å². The van der Waals surface area contributed by atoms with Gasteiger partial charge in [0, 0.05) is 13.5 Å². The number of methoxy groups -OCH3 is 2. The van der Waals surface area contributed by atoms with Crippen LogP contribution in [-0.2, 0) is 11.3 Å². The molecule has 2 aromatic rings. The van der Waals surface area contributed by atoms with Gasteiger partial charge < -0.3 is 20.1 Å². The van der Waals surface area contributed by atoms with E-state index in [4.69, 9.17) is 9.47 Å². The molecule has 1 aromatic carbocycles. The molecule has 7 heteroatoms. The highest BCUT2D eigenvalue weighted by Crippen LogP contribution is 2.27. The Hall–Kier alpha value is -2.83. The molecule has 0 aliphatic rings. The van der Waals surface area contributed by atoms with E-state index in [2.05, 4.69) is 20.8 Å². The lowest BCUT2D eigenvalue weighted by molar-refractivity contribution is -0.114. The smallest absolute Gasteiger partial charge is 0.222 e. The molecule has 2 N–H and O–H groups in total. The van der Waals surface area contributed by atoms with Crippen LogP contribution in [0, 0.1) is 0 Å². The minimum atomic E-state index is -0.180. The van der Waals surface area contributed by atoms with Crippen molar-refractivity contribution in [1.82, 2.24) is 10.2 Å². The van der Waals surface area contributed by atoms with E-state index in [1.165, 1.54) is 6.92 Å². The maximum absolute atomic E-state index is 10.9. The number of rotatable bonds is 6. The minimum absolute atomic E-state index is 0.180. The largest absolute Gasteiger partial charge is 0.493 e. The average Bonchev–Trinajstić information content (AvgIpc) is 2.53. The lowest BCUT2D eigenvalue weighted by atomic mass is 10.2. The number of aromatic nitrogens is 2. The number of nitrogens with zero attached hydrogens (tertiary/aromatic N) is 2. The Kier molecular flexibility index (Phi) is 5.13. The Balaban J connectivity index is 1.99.